The van der Waals surface area contributed by atoms with Gasteiger partial charge in [0.25, 0.3) is 0 Å². The predicted molar refractivity (Wildman–Crippen MR) is 101 cm³/mol. The molecule has 7 heteroatoms. The van der Waals surface area contributed by atoms with Crippen molar-refractivity contribution >= 4 is 17.8 Å². The van der Waals surface area contributed by atoms with Crippen LogP contribution in [0.1, 0.15) is 50.9 Å². The molecule has 0 radical (unpaired) electrons. The van der Waals surface area contributed by atoms with Gasteiger partial charge in [0, 0.05) is 18.4 Å². The van der Waals surface area contributed by atoms with E-state index >= 15 is 0 Å². The molecule has 1 aromatic heterocycles. The second-order valence-electron chi connectivity index (χ2n) is 6.37. The van der Waals surface area contributed by atoms with Gasteiger partial charge in [-0.1, -0.05) is 44.2 Å². The summed E-state index contributed by atoms with van der Waals surface area (Å²) in [5, 5.41) is 5.85. The lowest BCUT2D eigenvalue weighted by Gasteiger charge is -2.16. The van der Waals surface area contributed by atoms with Gasteiger partial charge in [0.2, 0.25) is 17.8 Å². The average Bonchev–Trinajstić information content (AvgIpc) is 2.66. The summed E-state index contributed by atoms with van der Waals surface area (Å²) in [4.78, 5) is 24.3. The maximum atomic E-state index is 13.0. The lowest BCUT2D eigenvalue weighted by atomic mass is 10.1. The number of anilines is 2. The van der Waals surface area contributed by atoms with E-state index < -0.39 is 12.6 Å². The molecule has 0 fully saturated rings. The number of carbonyl (C=O) groups excluding carboxylic acids is 1. The van der Waals surface area contributed by atoms with Crippen LogP contribution in [-0.2, 0) is 11.2 Å². The van der Waals surface area contributed by atoms with Crippen molar-refractivity contribution in [3.8, 4) is 0 Å². The van der Waals surface area contributed by atoms with E-state index in [1.807, 2.05) is 25.1 Å². The Hall–Kier alpha value is -2.57. The van der Waals surface area contributed by atoms with Crippen LogP contribution in [0.3, 0.4) is 0 Å². The van der Waals surface area contributed by atoms with Crippen molar-refractivity contribution in [1.82, 2.24) is 15.0 Å². The molecule has 0 bridgehead atoms. The van der Waals surface area contributed by atoms with Crippen LogP contribution in [0.2, 0.25) is 0 Å². The van der Waals surface area contributed by atoms with Crippen LogP contribution in [0.25, 0.3) is 0 Å². The third-order valence-corrected chi connectivity index (χ3v) is 3.98. The van der Waals surface area contributed by atoms with Crippen LogP contribution in [0.4, 0.5) is 16.3 Å². The third kappa shape index (κ3) is 6.06. The van der Waals surface area contributed by atoms with Gasteiger partial charge >= 0.3 is 0 Å². The van der Waals surface area contributed by atoms with E-state index in [1.165, 1.54) is 5.56 Å². The van der Waals surface area contributed by atoms with Crippen molar-refractivity contribution in [3.05, 3.63) is 41.7 Å². The van der Waals surface area contributed by atoms with E-state index in [4.69, 9.17) is 0 Å². The van der Waals surface area contributed by atoms with E-state index in [0.29, 0.717) is 18.2 Å². The normalized spacial score (nSPS) is 13.1. The number of alkyl halides is 1. The van der Waals surface area contributed by atoms with Gasteiger partial charge in [0.15, 0.2) is 0 Å². The number of halogens is 1. The van der Waals surface area contributed by atoms with Crippen molar-refractivity contribution in [2.75, 3.05) is 17.3 Å². The lowest BCUT2D eigenvalue weighted by molar-refractivity contribution is -0.115. The molecule has 0 spiro atoms. The van der Waals surface area contributed by atoms with Gasteiger partial charge in [0.05, 0.1) is 6.67 Å². The Kier molecular flexibility index (Phi) is 7.44. The number of hydrogen-bond acceptors (Lipinski definition) is 5. The van der Waals surface area contributed by atoms with Crippen LogP contribution in [0, 0.1) is 0 Å². The number of hydrogen-bond donors (Lipinski definition) is 2. The smallest absolute Gasteiger partial charge is 0.234 e. The van der Waals surface area contributed by atoms with Crippen molar-refractivity contribution in [2.24, 2.45) is 0 Å². The largest absolute Gasteiger partial charge is 0.352 e. The first kappa shape index (κ1) is 19.8. The van der Waals surface area contributed by atoms with E-state index in [-0.39, 0.29) is 17.9 Å². The number of carbonyl (C=O) groups is 1. The summed E-state index contributed by atoms with van der Waals surface area (Å²) in [6.45, 7) is 4.90. The van der Waals surface area contributed by atoms with Crippen molar-refractivity contribution in [1.29, 1.82) is 0 Å². The molecule has 2 rings (SSSR count). The summed E-state index contributed by atoms with van der Waals surface area (Å²) < 4.78 is 13.0. The molecule has 0 aliphatic heterocycles. The van der Waals surface area contributed by atoms with Crippen LogP contribution < -0.4 is 10.6 Å². The average molecular weight is 359 g/mol. The fraction of sp³-hybridized carbons (Fsp3) is 0.474. The first-order valence-corrected chi connectivity index (χ1v) is 8.94. The highest BCUT2D eigenvalue weighted by atomic mass is 19.1. The highest BCUT2D eigenvalue weighted by Gasteiger charge is 2.15. The number of rotatable bonds is 9. The van der Waals surface area contributed by atoms with Crippen LogP contribution >= 0.6 is 0 Å². The summed E-state index contributed by atoms with van der Waals surface area (Å²) in [6, 6.07) is 10.3. The zero-order valence-electron chi connectivity index (χ0n) is 15.5. The monoisotopic (exact) mass is 359 g/mol. The number of amides is 1. The number of aromatic nitrogens is 3. The Morgan fingerprint density at radius 1 is 1.12 bits per heavy atom. The van der Waals surface area contributed by atoms with E-state index in [2.05, 4.69) is 37.7 Å². The molecule has 0 aliphatic rings. The summed E-state index contributed by atoms with van der Waals surface area (Å²) in [5.41, 5.74) is 1.26. The molecule has 26 heavy (non-hydrogen) atoms. The molecular weight excluding hydrogens is 333 g/mol. The molecular formula is C19H26FN5O. The Morgan fingerprint density at radius 2 is 1.81 bits per heavy atom. The van der Waals surface area contributed by atoms with Crippen LogP contribution in [0.15, 0.2) is 30.3 Å². The maximum absolute atomic E-state index is 13.0. The minimum Gasteiger partial charge on any atom is -0.352 e. The zero-order chi connectivity index (χ0) is 18.9. The summed E-state index contributed by atoms with van der Waals surface area (Å²) >= 11 is 0. The Balaban J connectivity index is 2.07. The van der Waals surface area contributed by atoms with Gasteiger partial charge in [0.1, 0.15) is 5.82 Å². The first-order valence-electron chi connectivity index (χ1n) is 8.94. The van der Waals surface area contributed by atoms with Crippen molar-refractivity contribution < 1.29 is 9.18 Å². The van der Waals surface area contributed by atoms with Gasteiger partial charge in [-0.05, 0) is 25.3 Å². The highest BCUT2D eigenvalue weighted by Crippen LogP contribution is 2.16. The molecule has 1 aromatic carbocycles. The standard InChI is InChI=1S/C19H26FN5O/c1-4-16(26)22-19-24-17(13(2)12-20)23-18(25-19)21-14(3)10-11-15-8-6-5-7-9-15/h5-9,13-14H,4,10-12H2,1-3H3,(H2,21,22,23,24,25,26). The summed E-state index contributed by atoms with van der Waals surface area (Å²) in [5.74, 6) is 0.169. The fourth-order valence-corrected chi connectivity index (χ4v) is 2.34. The molecule has 0 aliphatic carbocycles. The van der Waals surface area contributed by atoms with Gasteiger partial charge in [-0.2, -0.15) is 15.0 Å². The topological polar surface area (TPSA) is 79.8 Å². The molecule has 0 saturated carbocycles. The summed E-state index contributed by atoms with van der Waals surface area (Å²) in [7, 11) is 0. The number of nitrogens with zero attached hydrogens (tertiary/aromatic N) is 3. The lowest BCUT2D eigenvalue weighted by Crippen LogP contribution is -2.21. The van der Waals surface area contributed by atoms with Gasteiger partial charge in [-0.25, -0.2) is 0 Å². The van der Waals surface area contributed by atoms with Crippen molar-refractivity contribution in [3.63, 3.8) is 0 Å². The Labute approximate surface area is 153 Å². The first-order chi connectivity index (χ1) is 12.5. The van der Waals surface area contributed by atoms with Gasteiger partial charge < -0.3 is 5.32 Å². The highest BCUT2D eigenvalue weighted by molar-refractivity contribution is 5.88. The number of benzene rings is 1. The SMILES string of the molecule is CCC(=O)Nc1nc(NC(C)CCc2ccccc2)nc(C(C)CF)n1. The molecule has 6 nitrogen and oxygen atoms in total. The Bertz CT molecular complexity index is 710. The molecule has 1 heterocycles. The molecule has 140 valence electrons. The van der Waals surface area contributed by atoms with E-state index in [0.717, 1.165) is 12.8 Å². The van der Waals surface area contributed by atoms with E-state index in [1.54, 1.807) is 13.8 Å². The van der Waals surface area contributed by atoms with Gasteiger partial charge in [-0.3, -0.25) is 14.5 Å². The minimum absolute atomic E-state index is 0.112. The van der Waals surface area contributed by atoms with Crippen LogP contribution in [-0.4, -0.2) is 33.6 Å². The third-order valence-electron chi connectivity index (χ3n) is 3.98. The maximum Gasteiger partial charge on any atom is 0.234 e. The second-order valence-corrected chi connectivity index (χ2v) is 6.37. The molecule has 2 unspecified atom stereocenters. The molecule has 1 amide bonds. The molecule has 2 aromatic rings. The number of aryl methyl sites for hydroxylation is 1. The summed E-state index contributed by atoms with van der Waals surface area (Å²) in [6.07, 6.45) is 2.13. The minimum atomic E-state index is -0.575. The molecule has 0 saturated heterocycles. The Morgan fingerprint density at radius 3 is 2.46 bits per heavy atom. The number of nitrogens with one attached hydrogen (secondary N) is 2. The molecule has 2 atom stereocenters. The molecule has 2 N–H and O–H groups in total. The second kappa shape index (κ2) is 9.79. The predicted octanol–water partition coefficient (Wildman–Crippen LogP) is 3.73. The van der Waals surface area contributed by atoms with E-state index in [9.17, 15) is 9.18 Å². The van der Waals surface area contributed by atoms with Crippen molar-refractivity contribution in [2.45, 2.75) is 52.0 Å². The van der Waals surface area contributed by atoms with Crippen LogP contribution in [0.5, 0.6) is 0 Å². The zero-order valence-corrected chi connectivity index (χ0v) is 15.5. The van der Waals surface area contributed by atoms with Gasteiger partial charge in [-0.15, -0.1) is 0 Å². The quantitative estimate of drug-likeness (QED) is 0.713. The fourth-order valence-electron chi connectivity index (χ4n) is 2.34.